The van der Waals surface area contributed by atoms with E-state index in [-0.39, 0.29) is 18.2 Å². The molecule has 0 bridgehead atoms. The highest BCUT2D eigenvalue weighted by Gasteiger charge is 2.22. The fraction of sp³-hybridized carbons (Fsp3) is 0.833. The number of hydrogen-bond acceptors (Lipinski definition) is 3. The van der Waals surface area contributed by atoms with Crippen molar-refractivity contribution in [3.8, 4) is 0 Å². The number of thioether (sulfide) groups is 1. The summed E-state index contributed by atoms with van der Waals surface area (Å²) in [6, 6.07) is 0. The number of hydrogen-bond donors (Lipinski definition) is 2. The largest absolute Gasteiger partial charge is 0.481 e. The van der Waals surface area contributed by atoms with E-state index in [4.69, 9.17) is 5.11 Å². The zero-order valence-corrected chi connectivity index (χ0v) is 11.1. The van der Waals surface area contributed by atoms with Gasteiger partial charge in [-0.3, -0.25) is 9.59 Å². The smallest absolute Gasteiger partial charge is 0.303 e. The number of rotatable bonds is 7. The maximum absolute atomic E-state index is 11.7. The monoisotopic (exact) mass is 259 g/mol. The molecular formula is C12H21NO3S. The molecule has 0 radical (unpaired) electrons. The van der Waals surface area contributed by atoms with Gasteiger partial charge in [0.15, 0.2) is 0 Å². The van der Waals surface area contributed by atoms with E-state index in [1.807, 2.05) is 18.7 Å². The number of aliphatic carboxylic acids is 1. The Morgan fingerprint density at radius 2 is 2.24 bits per heavy atom. The molecule has 0 aromatic carbocycles. The Morgan fingerprint density at radius 1 is 1.47 bits per heavy atom. The van der Waals surface area contributed by atoms with Crippen LogP contribution < -0.4 is 5.32 Å². The summed E-state index contributed by atoms with van der Waals surface area (Å²) in [7, 11) is 0. The third-order valence-electron chi connectivity index (χ3n) is 3.09. The summed E-state index contributed by atoms with van der Waals surface area (Å²) in [6.07, 6.45) is 2.75. The highest BCUT2D eigenvalue weighted by molar-refractivity contribution is 7.99. The molecule has 1 rings (SSSR count). The number of carboxylic acid groups (broad SMARTS) is 1. The lowest BCUT2D eigenvalue weighted by molar-refractivity contribution is -0.137. The molecule has 2 unspecified atom stereocenters. The second-order valence-corrected chi connectivity index (χ2v) is 5.83. The topological polar surface area (TPSA) is 66.4 Å². The van der Waals surface area contributed by atoms with Gasteiger partial charge in [-0.15, -0.1) is 0 Å². The lowest BCUT2D eigenvalue weighted by atomic mass is 10.0. The van der Waals surface area contributed by atoms with Gasteiger partial charge in [-0.05, 0) is 30.9 Å². The van der Waals surface area contributed by atoms with E-state index in [2.05, 4.69) is 5.32 Å². The van der Waals surface area contributed by atoms with Crippen LogP contribution in [0.1, 0.15) is 32.6 Å². The molecule has 17 heavy (non-hydrogen) atoms. The Bertz CT molecular complexity index is 264. The number of nitrogens with one attached hydrogen (secondary N) is 1. The van der Waals surface area contributed by atoms with Crippen LogP contribution in [0.4, 0.5) is 0 Å². The molecule has 98 valence electrons. The Hall–Kier alpha value is -0.710. The maximum Gasteiger partial charge on any atom is 0.303 e. The Labute approximate surface area is 107 Å². The average Bonchev–Trinajstić information content (AvgIpc) is 2.79. The molecule has 0 spiro atoms. The quantitative estimate of drug-likeness (QED) is 0.731. The van der Waals surface area contributed by atoms with E-state index in [1.54, 1.807) is 0 Å². The summed E-state index contributed by atoms with van der Waals surface area (Å²) < 4.78 is 0. The Balaban J connectivity index is 2.06. The first-order valence-corrected chi connectivity index (χ1v) is 7.32. The molecule has 1 aliphatic rings. The highest BCUT2D eigenvalue weighted by atomic mass is 32.2. The molecule has 5 heteroatoms. The van der Waals surface area contributed by atoms with Crippen LogP contribution in [-0.2, 0) is 9.59 Å². The molecule has 0 aromatic rings. The first-order chi connectivity index (χ1) is 8.09. The molecule has 2 N–H and O–H groups in total. The predicted molar refractivity (Wildman–Crippen MR) is 69.1 cm³/mol. The molecule has 0 aliphatic carbocycles. The zero-order chi connectivity index (χ0) is 12.7. The summed E-state index contributed by atoms with van der Waals surface area (Å²) in [6.45, 7) is 2.70. The van der Waals surface area contributed by atoms with Gasteiger partial charge in [0.2, 0.25) is 5.91 Å². The van der Waals surface area contributed by atoms with Crippen LogP contribution in [0.3, 0.4) is 0 Å². The molecule has 1 aliphatic heterocycles. The van der Waals surface area contributed by atoms with Crippen molar-refractivity contribution in [2.45, 2.75) is 32.6 Å². The zero-order valence-electron chi connectivity index (χ0n) is 10.3. The number of carbonyl (C=O) groups is 2. The molecule has 0 aromatic heterocycles. The Morgan fingerprint density at radius 3 is 2.82 bits per heavy atom. The molecule has 0 saturated carbocycles. The van der Waals surface area contributed by atoms with Crippen LogP contribution >= 0.6 is 11.8 Å². The minimum Gasteiger partial charge on any atom is -0.481 e. The minimum absolute atomic E-state index is 0.167. The third kappa shape index (κ3) is 5.96. The molecule has 1 fully saturated rings. The van der Waals surface area contributed by atoms with E-state index in [0.29, 0.717) is 18.9 Å². The van der Waals surface area contributed by atoms with Crippen molar-refractivity contribution < 1.29 is 14.7 Å². The normalized spacial score (nSPS) is 21.1. The van der Waals surface area contributed by atoms with Crippen LogP contribution in [0.2, 0.25) is 0 Å². The van der Waals surface area contributed by atoms with Crippen molar-refractivity contribution in [1.29, 1.82) is 0 Å². The average molecular weight is 259 g/mol. The first kappa shape index (κ1) is 14.4. The summed E-state index contributed by atoms with van der Waals surface area (Å²) in [5, 5.41) is 11.5. The van der Waals surface area contributed by atoms with Crippen molar-refractivity contribution in [2.75, 3.05) is 18.1 Å². The fourth-order valence-electron chi connectivity index (χ4n) is 1.84. The van der Waals surface area contributed by atoms with Crippen molar-refractivity contribution in [2.24, 2.45) is 11.8 Å². The van der Waals surface area contributed by atoms with E-state index >= 15 is 0 Å². The second kappa shape index (κ2) is 7.58. The van der Waals surface area contributed by atoms with Crippen molar-refractivity contribution in [3.63, 3.8) is 0 Å². The predicted octanol–water partition coefficient (Wildman–Crippen LogP) is 1.75. The van der Waals surface area contributed by atoms with Crippen molar-refractivity contribution in [3.05, 3.63) is 0 Å². The molecule has 1 heterocycles. The molecule has 1 saturated heterocycles. The lowest BCUT2D eigenvalue weighted by Gasteiger charge is -2.13. The van der Waals surface area contributed by atoms with Crippen molar-refractivity contribution in [1.82, 2.24) is 5.32 Å². The van der Waals surface area contributed by atoms with E-state index in [1.165, 1.54) is 0 Å². The third-order valence-corrected chi connectivity index (χ3v) is 4.25. The van der Waals surface area contributed by atoms with Crippen LogP contribution in [0.25, 0.3) is 0 Å². The standard InChI is InChI=1S/C12H21NO3S/c1-9(2-3-11(14)15)4-6-13-12(16)10-5-7-17-8-10/h9-10H,2-8H2,1H3,(H,13,16)(H,14,15). The molecule has 2 atom stereocenters. The van der Waals surface area contributed by atoms with Gasteiger partial charge >= 0.3 is 5.97 Å². The summed E-state index contributed by atoms with van der Waals surface area (Å²) in [5.74, 6) is 2.00. The van der Waals surface area contributed by atoms with Gasteiger partial charge in [0, 0.05) is 24.6 Å². The second-order valence-electron chi connectivity index (χ2n) is 4.68. The number of amides is 1. The maximum atomic E-state index is 11.7. The van der Waals surface area contributed by atoms with Crippen LogP contribution in [0.5, 0.6) is 0 Å². The van der Waals surface area contributed by atoms with Crippen LogP contribution in [0, 0.1) is 11.8 Å². The van der Waals surface area contributed by atoms with E-state index < -0.39 is 5.97 Å². The molecular weight excluding hydrogens is 238 g/mol. The summed E-state index contributed by atoms with van der Waals surface area (Å²) in [5.41, 5.74) is 0. The van der Waals surface area contributed by atoms with Crippen molar-refractivity contribution >= 4 is 23.6 Å². The van der Waals surface area contributed by atoms with Gasteiger partial charge in [-0.1, -0.05) is 6.92 Å². The van der Waals surface area contributed by atoms with Gasteiger partial charge < -0.3 is 10.4 Å². The summed E-state index contributed by atoms with van der Waals surface area (Å²) in [4.78, 5) is 22.1. The number of carboxylic acids is 1. The van der Waals surface area contributed by atoms with Crippen LogP contribution in [0.15, 0.2) is 0 Å². The summed E-state index contributed by atoms with van der Waals surface area (Å²) >= 11 is 1.84. The lowest BCUT2D eigenvalue weighted by Crippen LogP contribution is -2.32. The Kier molecular flexibility index (Phi) is 6.40. The minimum atomic E-state index is -0.746. The highest BCUT2D eigenvalue weighted by Crippen LogP contribution is 2.23. The van der Waals surface area contributed by atoms with Gasteiger partial charge in [0.05, 0.1) is 0 Å². The van der Waals surface area contributed by atoms with Gasteiger partial charge in [-0.25, -0.2) is 0 Å². The van der Waals surface area contributed by atoms with Gasteiger partial charge in [-0.2, -0.15) is 11.8 Å². The van der Waals surface area contributed by atoms with Gasteiger partial charge in [0.1, 0.15) is 0 Å². The molecule has 4 nitrogen and oxygen atoms in total. The van der Waals surface area contributed by atoms with E-state index in [9.17, 15) is 9.59 Å². The van der Waals surface area contributed by atoms with Gasteiger partial charge in [0.25, 0.3) is 0 Å². The van der Waals surface area contributed by atoms with Crippen LogP contribution in [-0.4, -0.2) is 35.0 Å². The molecule has 1 amide bonds. The van der Waals surface area contributed by atoms with E-state index in [0.717, 1.165) is 24.3 Å². The SMILES string of the molecule is CC(CCNC(=O)C1CCSC1)CCC(=O)O. The number of carbonyl (C=O) groups excluding carboxylic acids is 1. The fourth-order valence-corrected chi connectivity index (χ4v) is 3.06. The first-order valence-electron chi connectivity index (χ1n) is 6.17.